The van der Waals surface area contributed by atoms with Gasteiger partial charge in [-0.15, -0.1) is 0 Å². The van der Waals surface area contributed by atoms with Gasteiger partial charge in [0, 0.05) is 6.42 Å². The fourth-order valence-corrected chi connectivity index (χ4v) is 2.21. The highest BCUT2D eigenvalue weighted by Gasteiger charge is 2.23. The number of ketones is 2. The van der Waals surface area contributed by atoms with Gasteiger partial charge in [-0.05, 0) is 37.5 Å². The highest BCUT2D eigenvalue weighted by molar-refractivity contribution is 6.01. The first-order valence-corrected chi connectivity index (χ1v) is 6.53. The first kappa shape index (κ1) is 13.6. The first-order chi connectivity index (χ1) is 9.11. The molecule has 0 saturated heterocycles. The van der Waals surface area contributed by atoms with Gasteiger partial charge in [0.2, 0.25) is 6.79 Å². The first-order valence-electron chi connectivity index (χ1n) is 6.53. The van der Waals surface area contributed by atoms with Crippen molar-refractivity contribution in [1.82, 2.24) is 0 Å². The Bertz CT molecular complexity index is 493. The van der Waals surface area contributed by atoms with Crippen LogP contribution in [0.25, 0.3) is 0 Å². The summed E-state index contributed by atoms with van der Waals surface area (Å²) < 4.78 is 10.5. The minimum atomic E-state index is -0.541. The Morgan fingerprint density at radius 2 is 2.00 bits per heavy atom. The molecule has 0 aliphatic carbocycles. The Kier molecular flexibility index (Phi) is 4.20. The predicted octanol–water partition coefficient (Wildman–Crippen LogP) is 2.53. The van der Waals surface area contributed by atoms with Crippen LogP contribution < -0.4 is 9.47 Å². The summed E-state index contributed by atoms with van der Waals surface area (Å²) >= 11 is 0. The maximum absolute atomic E-state index is 11.9. The molecule has 0 N–H and O–H groups in total. The van der Waals surface area contributed by atoms with Crippen molar-refractivity contribution in [2.45, 2.75) is 33.1 Å². The minimum Gasteiger partial charge on any atom is -0.454 e. The quantitative estimate of drug-likeness (QED) is 0.739. The van der Waals surface area contributed by atoms with E-state index in [1.165, 1.54) is 6.92 Å². The molecule has 0 aromatic heterocycles. The van der Waals surface area contributed by atoms with E-state index in [0.29, 0.717) is 24.3 Å². The lowest BCUT2D eigenvalue weighted by Gasteiger charge is -2.12. The van der Waals surface area contributed by atoms with Crippen molar-refractivity contribution in [3.05, 3.63) is 23.8 Å². The summed E-state index contributed by atoms with van der Waals surface area (Å²) in [7, 11) is 0. The Labute approximate surface area is 112 Å². The van der Waals surface area contributed by atoms with Crippen molar-refractivity contribution in [1.29, 1.82) is 0 Å². The molecule has 1 aromatic carbocycles. The maximum Gasteiger partial charge on any atom is 0.231 e. The van der Waals surface area contributed by atoms with Crippen LogP contribution in [-0.2, 0) is 16.0 Å². The molecule has 0 saturated carbocycles. The van der Waals surface area contributed by atoms with E-state index in [1.54, 1.807) is 0 Å². The van der Waals surface area contributed by atoms with Crippen LogP contribution in [0.1, 0.15) is 32.3 Å². The number of carbonyl (C=O) groups excluding carboxylic acids is 2. The van der Waals surface area contributed by atoms with Gasteiger partial charge in [0.1, 0.15) is 11.6 Å². The number of carbonyl (C=O) groups is 2. The van der Waals surface area contributed by atoms with E-state index < -0.39 is 5.92 Å². The number of fused-ring (bicyclic) bond motifs is 1. The van der Waals surface area contributed by atoms with Gasteiger partial charge in [-0.3, -0.25) is 9.59 Å². The van der Waals surface area contributed by atoms with E-state index in [4.69, 9.17) is 9.47 Å². The summed E-state index contributed by atoms with van der Waals surface area (Å²) in [5.41, 5.74) is 0.925. The molecule has 0 fully saturated rings. The second kappa shape index (κ2) is 5.87. The number of hydrogen-bond donors (Lipinski definition) is 0. The normalized spacial score (nSPS) is 14.2. The molecule has 1 heterocycles. The molecule has 1 aliphatic rings. The van der Waals surface area contributed by atoms with E-state index in [9.17, 15) is 9.59 Å². The highest BCUT2D eigenvalue weighted by Crippen LogP contribution is 2.33. The Morgan fingerprint density at radius 3 is 2.68 bits per heavy atom. The van der Waals surface area contributed by atoms with Crippen molar-refractivity contribution in [3.8, 4) is 11.5 Å². The van der Waals surface area contributed by atoms with Crippen LogP contribution in [0.2, 0.25) is 0 Å². The summed E-state index contributed by atoms with van der Waals surface area (Å²) in [5.74, 6) is 0.801. The molecule has 0 amide bonds. The van der Waals surface area contributed by atoms with Gasteiger partial charge >= 0.3 is 0 Å². The molecule has 1 unspecified atom stereocenters. The van der Waals surface area contributed by atoms with Gasteiger partial charge in [0.05, 0.1) is 5.92 Å². The average molecular weight is 262 g/mol. The summed E-state index contributed by atoms with van der Waals surface area (Å²) in [6.07, 6.45) is 1.66. The molecule has 0 bridgehead atoms. The number of Topliss-reactive ketones (excluding diaryl/α,β-unsaturated/α-hetero) is 2. The van der Waals surface area contributed by atoms with Crippen molar-refractivity contribution in [3.63, 3.8) is 0 Å². The zero-order valence-corrected chi connectivity index (χ0v) is 11.3. The summed E-state index contributed by atoms with van der Waals surface area (Å²) in [5, 5.41) is 0. The smallest absolute Gasteiger partial charge is 0.231 e. The molecule has 2 rings (SSSR count). The Morgan fingerprint density at radius 1 is 1.26 bits per heavy atom. The number of rotatable bonds is 6. The monoisotopic (exact) mass is 262 g/mol. The standard InChI is InChI=1S/C15H18O4/c1-3-4-13(17)12(10(2)16)7-11-5-6-14-15(8-11)19-9-18-14/h5-6,8,12H,3-4,7,9H2,1-2H3. The van der Waals surface area contributed by atoms with Gasteiger partial charge < -0.3 is 9.47 Å². The van der Waals surface area contributed by atoms with Gasteiger partial charge in [-0.1, -0.05) is 13.0 Å². The lowest BCUT2D eigenvalue weighted by Crippen LogP contribution is -2.24. The third-order valence-electron chi connectivity index (χ3n) is 3.25. The van der Waals surface area contributed by atoms with E-state index in [-0.39, 0.29) is 18.4 Å². The second-order valence-corrected chi connectivity index (χ2v) is 4.77. The molecule has 0 spiro atoms. The Balaban J connectivity index is 2.13. The van der Waals surface area contributed by atoms with Crippen molar-refractivity contribution in [2.24, 2.45) is 5.92 Å². The zero-order chi connectivity index (χ0) is 13.8. The maximum atomic E-state index is 11.9. The van der Waals surface area contributed by atoms with Crippen molar-refractivity contribution in [2.75, 3.05) is 6.79 Å². The minimum absolute atomic E-state index is 0.0210. The average Bonchev–Trinajstić information content (AvgIpc) is 2.83. The lowest BCUT2D eigenvalue weighted by molar-refractivity contribution is -0.131. The number of hydrogen-bond acceptors (Lipinski definition) is 4. The fourth-order valence-electron chi connectivity index (χ4n) is 2.21. The van der Waals surface area contributed by atoms with Gasteiger partial charge in [-0.2, -0.15) is 0 Å². The largest absolute Gasteiger partial charge is 0.454 e. The van der Waals surface area contributed by atoms with E-state index in [2.05, 4.69) is 0 Å². The molecular weight excluding hydrogens is 244 g/mol. The number of ether oxygens (including phenoxy) is 2. The molecule has 0 radical (unpaired) electrons. The molecule has 4 heteroatoms. The van der Waals surface area contributed by atoms with Crippen LogP contribution in [0.3, 0.4) is 0 Å². The predicted molar refractivity (Wildman–Crippen MR) is 70.4 cm³/mol. The zero-order valence-electron chi connectivity index (χ0n) is 11.3. The summed E-state index contributed by atoms with van der Waals surface area (Å²) in [4.78, 5) is 23.6. The molecule has 1 aliphatic heterocycles. The van der Waals surface area contributed by atoms with Crippen LogP contribution in [0.5, 0.6) is 11.5 Å². The van der Waals surface area contributed by atoms with E-state index in [0.717, 1.165) is 12.0 Å². The highest BCUT2D eigenvalue weighted by atomic mass is 16.7. The third-order valence-corrected chi connectivity index (χ3v) is 3.25. The lowest BCUT2D eigenvalue weighted by atomic mass is 9.90. The van der Waals surface area contributed by atoms with Gasteiger partial charge in [0.25, 0.3) is 0 Å². The molecule has 1 atom stereocenters. The van der Waals surface area contributed by atoms with E-state index >= 15 is 0 Å². The van der Waals surface area contributed by atoms with Crippen molar-refractivity contribution < 1.29 is 19.1 Å². The van der Waals surface area contributed by atoms with E-state index in [1.807, 2.05) is 25.1 Å². The SMILES string of the molecule is CCCC(=O)C(Cc1ccc2c(c1)OCO2)C(C)=O. The molecule has 4 nitrogen and oxygen atoms in total. The van der Waals surface area contributed by atoms with Gasteiger partial charge in [-0.25, -0.2) is 0 Å². The summed E-state index contributed by atoms with van der Waals surface area (Å²) in [6.45, 7) is 3.64. The number of benzene rings is 1. The second-order valence-electron chi connectivity index (χ2n) is 4.77. The molecule has 19 heavy (non-hydrogen) atoms. The summed E-state index contributed by atoms with van der Waals surface area (Å²) in [6, 6.07) is 5.54. The van der Waals surface area contributed by atoms with Crippen LogP contribution in [-0.4, -0.2) is 18.4 Å². The molecule has 1 aromatic rings. The van der Waals surface area contributed by atoms with Crippen LogP contribution in [0.4, 0.5) is 0 Å². The molecule has 102 valence electrons. The fraction of sp³-hybridized carbons (Fsp3) is 0.467. The third kappa shape index (κ3) is 3.13. The Hall–Kier alpha value is -1.84. The van der Waals surface area contributed by atoms with Crippen LogP contribution in [0.15, 0.2) is 18.2 Å². The molecular formula is C15H18O4. The topological polar surface area (TPSA) is 52.6 Å². The van der Waals surface area contributed by atoms with Gasteiger partial charge in [0.15, 0.2) is 11.5 Å². The van der Waals surface area contributed by atoms with Crippen molar-refractivity contribution >= 4 is 11.6 Å². The van der Waals surface area contributed by atoms with Crippen LogP contribution in [0, 0.1) is 5.92 Å². The van der Waals surface area contributed by atoms with Crippen LogP contribution >= 0.6 is 0 Å².